The fraction of sp³-hybridized carbons (Fsp3) is 0.556. The Labute approximate surface area is 127 Å². The van der Waals surface area contributed by atoms with Gasteiger partial charge in [-0.25, -0.2) is 4.39 Å². The van der Waals surface area contributed by atoms with Crippen LogP contribution in [0.5, 0.6) is 0 Å². The molecule has 1 saturated carbocycles. The number of benzene rings is 1. The average Bonchev–Trinajstić information content (AvgIpc) is 2.47. The minimum Gasteiger partial charge on any atom is -0.384 e. The summed E-state index contributed by atoms with van der Waals surface area (Å²) in [5, 5.41) is 8.82. The second kappa shape index (κ2) is 7.59. The van der Waals surface area contributed by atoms with E-state index >= 15 is 0 Å². The first-order valence-corrected chi connectivity index (χ1v) is 7.68. The predicted molar refractivity (Wildman–Crippen MR) is 83.3 cm³/mol. The molecule has 0 spiro atoms. The van der Waals surface area contributed by atoms with Crippen molar-refractivity contribution in [2.45, 2.75) is 45.2 Å². The molecule has 2 rings (SSSR count). The molecule has 0 aliphatic heterocycles. The van der Waals surface area contributed by atoms with E-state index in [9.17, 15) is 4.39 Å². The third-order valence-electron chi connectivity index (χ3n) is 4.33. The van der Waals surface area contributed by atoms with Crippen molar-refractivity contribution in [2.24, 2.45) is 5.92 Å². The standard InChI is InChI=1S/C18H24FNO/c1-14-5-3-7-18(11-14)20(2)13-16-8-9-17(19)12-15(16)6-4-10-21/h8-9,12,14,18,21H,3,5,7,10-11,13H2,1-2H3. The number of aliphatic hydroxyl groups is 1. The number of hydrogen-bond acceptors (Lipinski definition) is 2. The van der Waals surface area contributed by atoms with Gasteiger partial charge in [0.1, 0.15) is 12.4 Å². The highest BCUT2D eigenvalue weighted by atomic mass is 19.1. The van der Waals surface area contributed by atoms with Crippen LogP contribution in [0, 0.1) is 23.6 Å². The molecule has 0 saturated heterocycles. The third kappa shape index (κ3) is 4.56. The van der Waals surface area contributed by atoms with E-state index < -0.39 is 0 Å². The molecule has 1 aromatic carbocycles. The van der Waals surface area contributed by atoms with Gasteiger partial charge >= 0.3 is 0 Å². The van der Waals surface area contributed by atoms with Gasteiger partial charge in [0.25, 0.3) is 0 Å². The molecular weight excluding hydrogens is 265 g/mol. The largest absolute Gasteiger partial charge is 0.384 e. The maximum absolute atomic E-state index is 13.4. The molecule has 3 heteroatoms. The molecular formula is C18H24FNO. The zero-order valence-corrected chi connectivity index (χ0v) is 12.9. The van der Waals surface area contributed by atoms with E-state index in [1.165, 1.54) is 37.8 Å². The number of halogens is 1. The molecule has 0 aromatic heterocycles. The second-order valence-electron chi connectivity index (χ2n) is 6.10. The lowest BCUT2D eigenvalue weighted by molar-refractivity contribution is 0.157. The van der Waals surface area contributed by atoms with Crippen LogP contribution in [0.4, 0.5) is 4.39 Å². The zero-order chi connectivity index (χ0) is 15.2. The normalized spacial score (nSPS) is 22.0. The lowest BCUT2D eigenvalue weighted by Crippen LogP contribution is -2.35. The molecule has 1 aliphatic carbocycles. The lowest BCUT2D eigenvalue weighted by atomic mass is 9.86. The van der Waals surface area contributed by atoms with Crippen molar-refractivity contribution in [3.8, 4) is 11.8 Å². The summed E-state index contributed by atoms with van der Waals surface area (Å²) in [6.45, 7) is 2.88. The van der Waals surface area contributed by atoms with Crippen molar-refractivity contribution in [1.82, 2.24) is 4.90 Å². The summed E-state index contributed by atoms with van der Waals surface area (Å²) in [6, 6.07) is 5.34. The molecule has 2 nitrogen and oxygen atoms in total. The van der Waals surface area contributed by atoms with E-state index in [0.29, 0.717) is 11.6 Å². The van der Waals surface area contributed by atoms with E-state index in [1.54, 1.807) is 6.07 Å². The van der Waals surface area contributed by atoms with Gasteiger partial charge in [0.05, 0.1) is 0 Å². The molecule has 1 aromatic rings. The van der Waals surface area contributed by atoms with Crippen LogP contribution in [-0.2, 0) is 6.54 Å². The minimum absolute atomic E-state index is 0.202. The van der Waals surface area contributed by atoms with Crippen molar-refractivity contribution in [2.75, 3.05) is 13.7 Å². The third-order valence-corrected chi connectivity index (χ3v) is 4.33. The highest BCUT2D eigenvalue weighted by Crippen LogP contribution is 2.27. The Kier molecular flexibility index (Phi) is 5.78. The Hall–Kier alpha value is -1.37. The van der Waals surface area contributed by atoms with Crippen LogP contribution >= 0.6 is 0 Å². The maximum atomic E-state index is 13.4. The van der Waals surface area contributed by atoms with Gasteiger partial charge in [-0.15, -0.1) is 0 Å². The van der Waals surface area contributed by atoms with Crippen molar-refractivity contribution in [3.63, 3.8) is 0 Å². The molecule has 1 N–H and O–H groups in total. The lowest BCUT2D eigenvalue weighted by Gasteiger charge is -2.34. The first-order valence-electron chi connectivity index (χ1n) is 7.68. The molecule has 0 heterocycles. The van der Waals surface area contributed by atoms with Crippen molar-refractivity contribution in [3.05, 3.63) is 35.1 Å². The Bertz CT molecular complexity index is 532. The summed E-state index contributed by atoms with van der Waals surface area (Å²) in [5.74, 6) is 5.97. The molecule has 2 atom stereocenters. The van der Waals surface area contributed by atoms with Crippen molar-refractivity contribution >= 4 is 0 Å². The Morgan fingerprint density at radius 2 is 2.19 bits per heavy atom. The second-order valence-corrected chi connectivity index (χ2v) is 6.10. The SMILES string of the molecule is CC1CCCC(N(C)Cc2ccc(F)cc2C#CCO)C1. The summed E-state index contributed by atoms with van der Waals surface area (Å²) in [5.41, 5.74) is 1.71. The van der Waals surface area contributed by atoms with E-state index in [1.807, 2.05) is 0 Å². The number of hydrogen-bond donors (Lipinski definition) is 1. The van der Waals surface area contributed by atoms with Gasteiger partial charge in [0.2, 0.25) is 0 Å². The van der Waals surface area contributed by atoms with Gasteiger partial charge in [-0.2, -0.15) is 0 Å². The quantitative estimate of drug-likeness (QED) is 0.864. The van der Waals surface area contributed by atoms with E-state index in [2.05, 4.69) is 30.7 Å². The predicted octanol–water partition coefficient (Wildman–Crippen LogP) is 3.18. The van der Waals surface area contributed by atoms with E-state index in [-0.39, 0.29) is 12.4 Å². The molecule has 2 unspecified atom stereocenters. The summed E-state index contributed by atoms with van der Waals surface area (Å²) in [6.07, 6.45) is 5.08. The van der Waals surface area contributed by atoms with Crippen molar-refractivity contribution < 1.29 is 9.50 Å². The first-order chi connectivity index (χ1) is 10.1. The average molecular weight is 289 g/mol. The first kappa shape index (κ1) is 16.0. The Morgan fingerprint density at radius 3 is 2.90 bits per heavy atom. The Morgan fingerprint density at radius 1 is 1.38 bits per heavy atom. The molecule has 1 aliphatic rings. The molecule has 0 radical (unpaired) electrons. The molecule has 21 heavy (non-hydrogen) atoms. The number of nitrogens with zero attached hydrogens (tertiary/aromatic N) is 1. The van der Waals surface area contributed by atoms with Gasteiger partial charge in [0, 0.05) is 18.2 Å². The summed E-state index contributed by atoms with van der Waals surface area (Å²) in [7, 11) is 2.13. The topological polar surface area (TPSA) is 23.5 Å². The van der Waals surface area contributed by atoms with Gasteiger partial charge in [-0.1, -0.05) is 37.7 Å². The molecule has 1 fully saturated rings. The van der Waals surface area contributed by atoms with E-state index in [0.717, 1.165) is 18.0 Å². The van der Waals surface area contributed by atoms with Crippen LogP contribution in [0.1, 0.15) is 43.7 Å². The van der Waals surface area contributed by atoms with Gasteiger partial charge in [0.15, 0.2) is 0 Å². The van der Waals surface area contributed by atoms with Crippen LogP contribution < -0.4 is 0 Å². The number of rotatable bonds is 3. The highest BCUT2D eigenvalue weighted by molar-refractivity contribution is 5.41. The maximum Gasteiger partial charge on any atom is 0.124 e. The molecule has 0 bridgehead atoms. The van der Waals surface area contributed by atoms with E-state index in [4.69, 9.17) is 5.11 Å². The molecule has 0 amide bonds. The van der Waals surface area contributed by atoms with Crippen LogP contribution in [0.2, 0.25) is 0 Å². The van der Waals surface area contributed by atoms with Crippen LogP contribution in [0.15, 0.2) is 18.2 Å². The fourth-order valence-corrected chi connectivity index (χ4v) is 3.14. The Balaban J connectivity index is 2.11. The van der Waals surface area contributed by atoms with Crippen LogP contribution in [0.25, 0.3) is 0 Å². The van der Waals surface area contributed by atoms with Crippen LogP contribution in [0.3, 0.4) is 0 Å². The molecule has 114 valence electrons. The summed E-state index contributed by atoms with van der Waals surface area (Å²) >= 11 is 0. The fourth-order valence-electron chi connectivity index (χ4n) is 3.14. The van der Waals surface area contributed by atoms with Gasteiger partial charge < -0.3 is 5.11 Å². The highest BCUT2D eigenvalue weighted by Gasteiger charge is 2.22. The monoisotopic (exact) mass is 289 g/mol. The van der Waals surface area contributed by atoms with Crippen LogP contribution in [-0.4, -0.2) is 29.7 Å². The smallest absolute Gasteiger partial charge is 0.124 e. The summed E-state index contributed by atoms with van der Waals surface area (Å²) in [4.78, 5) is 2.35. The van der Waals surface area contributed by atoms with Crippen molar-refractivity contribution in [1.29, 1.82) is 0 Å². The van der Waals surface area contributed by atoms with Gasteiger partial charge in [-0.3, -0.25) is 4.90 Å². The zero-order valence-electron chi connectivity index (χ0n) is 12.9. The minimum atomic E-state index is -0.282. The summed E-state index contributed by atoms with van der Waals surface area (Å²) < 4.78 is 13.4. The van der Waals surface area contributed by atoms with Gasteiger partial charge in [-0.05, 0) is 43.5 Å². The number of aliphatic hydroxyl groups excluding tert-OH is 1.